The predicted molar refractivity (Wildman–Crippen MR) is 78.3 cm³/mol. The van der Waals surface area contributed by atoms with Crippen LogP contribution in [-0.2, 0) is 19.1 Å². The van der Waals surface area contributed by atoms with Crippen molar-refractivity contribution >= 4 is 11.9 Å². The third kappa shape index (κ3) is 8.91. The van der Waals surface area contributed by atoms with Crippen molar-refractivity contribution in [1.82, 2.24) is 5.32 Å². The highest BCUT2D eigenvalue weighted by Crippen LogP contribution is 2.04. The highest BCUT2D eigenvalue weighted by molar-refractivity contribution is 5.84. The summed E-state index contributed by atoms with van der Waals surface area (Å²) < 4.78 is 10.5. The van der Waals surface area contributed by atoms with Gasteiger partial charge in [-0.05, 0) is 32.6 Å². The van der Waals surface area contributed by atoms with E-state index in [1.54, 1.807) is 13.8 Å². The van der Waals surface area contributed by atoms with Crippen molar-refractivity contribution in [3.63, 3.8) is 0 Å². The third-order valence-electron chi connectivity index (χ3n) is 2.89. The van der Waals surface area contributed by atoms with Crippen LogP contribution in [-0.4, -0.2) is 37.2 Å². The molecule has 0 aromatic heterocycles. The number of carbonyl (C=O) groups excluding carboxylic acids is 2. The summed E-state index contributed by atoms with van der Waals surface area (Å²) in [5.41, 5.74) is 0. The molecule has 2 unspecified atom stereocenters. The average Bonchev–Trinajstić information content (AvgIpc) is 2.38. The molecule has 0 bridgehead atoms. The molecule has 0 spiro atoms. The molecule has 118 valence electrons. The second-order valence-electron chi connectivity index (χ2n) is 5.42. The van der Waals surface area contributed by atoms with Crippen LogP contribution in [0.25, 0.3) is 0 Å². The summed E-state index contributed by atoms with van der Waals surface area (Å²) in [6, 6.07) is 0. The van der Waals surface area contributed by atoms with Crippen LogP contribution in [0.3, 0.4) is 0 Å². The van der Waals surface area contributed by atoms with Gasteiger partial charge in [0.1, 0.15) is 0 Å². The minimum Gasteiger partial charge on any atom is -0.451 e. The van der Waals surface area contributed by atoms with Gasteiger partial charge in [0.15, 0.2) is 12.2 Å². The standard InChI is InChI=1S/C15H29NO4/c1-6-7-9-16-14(17)12(4)20-15(18)13(5)19-10-8-11(2)3/h11-13H,6-10H2,1-5H3,(H,16,17). The summed E-state index contributed by atoms with van der Waals surface area (Å²) in [6.45, 7) is 10.6. The van der Waals surface area contributed by atoms with E-state index >= 15 is 0 Å². The van der Waals surface area contributed by atoms with E-state index in [0.29, 0.717) is 19.1 Å². The molecule has 0 aliphatic carbocycles. The second kappa shape index (κ2) is 10.7. The number of ether oxygens (including phenoxy) is 2. The largest absolute Gasteiger partial charge is 0.451 e. The monoisotopic (exact) mass is 287 g/mol. The van der Waals surface area contributed by atoms with Gasteiger partial charge in [-0.25, -0.2) is 4.79 Å². The van der Waals surface area contributed by atoms with E-state index in [1.165, 1.54) is 0 Å². The topological polar surface area (TPSA) is 64.6 Å². The van der Waals surface area contributed by atoms with Crippen molar-refractivity contribution in [3.05, 3.63) is 0 Å². The number of hydrogen-bond acceptors (Lipinski definition) is 4. The van der Waals surface area contributed by atoms with Crippen LogP contribution in [0, 0.1) is 5.92 Å². The molecule has 5 heteroatoms. The molecule has 0 aliphatic rings. The van der Waals surface area contributed by atoms with Gasteiger partial charge in [-0.15, -0.1) is 0 Å². The first kappa shape index (κ1) is 18.9. The van der Waals surface area contributed by atoms with E-state index in [9.17, 15) is 9.59 Å². The van der Waals surface area contributed by atoms with Crippen LogP contribution in [0.4, 0.5) is 0 Å². The van der Waals surface area contributed by atoms with Gasteiger partial charge in [-0.2, -0.15) is 0 Å². The quantitative estimate of drug-likeness (QED) is 0.494. The van der Waals surface area contributed by atoms with Gasteiger partial charge in [0.25, 0.3) is 5.91 Å². The van der Waals surface area contributed by atoms with Gasteiger partial charge >= 0.3 is 5.97 Å². The minimum atomic E-state index is -0.782. The lowest BCUT2D eigenvalue weighted by molar-refractivity contribution is -0.165. The van der Waals surface area contributed by atoms with Crippen molar-refractivity contribution in [2.24, 2.45) is 5.92 Å². The summed E-state index contributed by atoms with van der Waals surface area (Å²) in [6.07, 6.45) is 1.40. The Bertz CT molecular complexity index is 292. The first-order valence-corrected chi connectivity index (χ1v) is 7.48. The molecule has 1 N–H and O–H groups in total. The van der Waals surface area contributed by atoms with E-state index in [-0.39, 0.29) is 5.91 Å². The molecule has 0 rings (SSSR count). The van der Waals surface area contributed by atoms with Gasteiger partial charge in [-0.1, -0.05) is 27.2 Å². The molecular formula is C15H29NO4. The molecule has 2 atom stereocenters. The number of unbranched alkanes of at least 4 members (excludes halogenated alkanes) is 1. The van der Waals surface area contributed by atoms with E-state index in [4.69, 9.17) is 9.47 Å². The summed E-state index contributed by atoms with van der Waals surface area (Å²) in [4.78, 5) is 23.4. The summed E-state index contributed by atoms with van der Waals surface area (Å²) in [7, 11) is 0. The fourth-order valence-corrected chi connectivity index (χ4v) is 1.40. The van der Waals surface area contributed by atoms with Gasteiger partial charge in [0.05, 0.1) is 0 Å². The Morgan fingerprint density at radius 2 is 1.75 bits per heavy atom. The number of amides is 1. The Labute approximate surface area is 122 Å². The van der Waals surface area contributed by atoms with Gasteiger partial charge in [0, 0.05) is 13.2 Å². The number of hydrogen-bond donors (Lipinski definition) is 1. The minimum absolute atomic E-state index is 0.263. The SMILES string of the molecule is CCCCNC(=O)C(C)OC(=O)C(C)OCCC(C)C. The van der Waals surface area contributed by atoms with Crippen LogP contribution in [0.5, 0.6) is 0 Å². The molecule has 5 nitrogen and oxygen atoms in total. The number of rotatable bonds is 10. The molecule has 0 saturated heterocycles. The lowest BCUT2D eigenvalue weighted by atomic mass is 10.1. The van der Waals surface area contributed by atoms with E-state index in [2.05, 4.69) is 19.2 Å². The van der Waals surface area contributed by atoms with Crippen LogP contribution in [0.2, 0.25) is 0 Å². The maximum Gasteiger partial charge on any atom is 0.335 e. The Morgan fingerprint density at radius 1 is 1.10 bits per heavy atom. The van der Waals surface area contributed by atoms with Crippen molar-refractivity contribution in [1.29, 1.82) is 0 Å². The van der Waals surface area contributed by atoms with Crippen molar-refractivity contribution < 1.29 is 19.1 Å². The Balaban J connectivity index is 3.95. The van der Waals surface area contributed by atoms with Gasteiger partial charge in [-0.3, -0.25) is 4.79 Å². The molecule has 0 saturated carbocycles. The summed E-state index contributed by atoms with van der Waals surface area (Å²) in [5.74, 6) is -0.227. The smallest absolute Gasteiger partial charge is 0.335 e. The normalized spacial score (nSPS) is 13.9. The molecule has 20 heavy (non-hydrogen) atoms. The maximum absolute atomic E-state index is 11.7. The summed E-state index contributed by atoms with van der Waals surface area (Å²) >= 11 is 0. The van der Waals surface area contributed by atoms with Crippen LogP contribution in [0.15, 0.2) is 0 Å². The zero-order valence-corrected chi connectivity index (χ0v) is 13.4. The Kier molecular flexibility index (Phi) is 10.1. The molecule has 0 aromatic carbocycles. The van der Waals surface area contributed by atoms with E-state index in [1.807, 2.05) is 6.92 Å². The molecular weight excluding hydrogens is 258 g/mol. The number of nitrogens with one attached hydrogen (secondary N) is 1. The van der Waals surface area contributed by atoms with Crippen LogP contribution >= 0.6 is 0 Å². The second-order valence-corrected chi connectivity index (χ2v) is 5.42. The number of esters is 1. The van der Waals surface area contributed by atoms with Crippen molar-refractivity contribution in [2.45, 2.75) is 66.1 Å². The fraction of sp³-hybridized carbons (Fsp3) is 0.867. The van der Waals surface area contributed by atoms with Crippen molar-refractivity contribution in [3.8, 4) is 0 Å². The highest BCUT2D eigenvalue weighted by Gasteiger charge is 2.22. The third-order valence-corrected chi connectivity index (χ3v) is 2.89. The Hall–Kier alpha value is -1.10. The lowest BCUT2D eigenvalue weighted by Gasteiger charge is -2.17. The molecule has 0 aromatic rings. The predicted octanol–water partition coefficient (Wildman–Crippen LogP) is 2.29. The van der Waals surface area contributed by atoms with Crippen molar-refractivity contribution in [2.75, 3.05) is 13.2 Å². The maximum atomic E-state index is 11.7. The molecule has 0 aliphatic heterocycles. The zero-order chi connectivity index (χ0) is 15.5. The number of carbonyl (C=O) groups is 2. The van der Waals surface area contributed by atoms with E-state index in [0.717, 1.165) is 19.3 Å². The summed E-state index contributed by atoms with van der Waals surface area (Å²) in [5, 5.41) is 2.73. The Morgan fingerprint density at radius 3 is 2.30 bits per heavy atom. The molecule has 0 fully saturated rings. The highest BCUT2D eigenvalue weighted by atomic mass is 16.6. The lowest BCUT2D eigenvalue weighted by Crippen LogP contribution is -2.38. The van der Waals surface area contributed by atoms with Crippen LogP contribution < -0.4 is 5.32 Å². The van der Waals surface area contributed by atoms with E-state index < -0.39 is 18.2 Å². The first-order chi connectivity index (χ1) is 9.38. The molecule has 0 heterocycles. The fourth-order valence-electron chi connectivity index (χ4n) is 1.40. The first-order valence-electron chi connectivity index (χ1n) is 7.48. The molecule has 0 radical (unpaired) electrons. The van der Waals surface area contributed by atoms with Gasteiger partial charge in [0.2, 0.25) is 0 Å². The van der Waals surface area contributed by atoms with Gasteiger partial charge < -0.3 is 14.8 Å². The molecule has 1 amide bonds. The zero-order valence-electron chi connectivity index (χ0n) is 13.4. The average molecular weight is 287 g/mol. The van der Waals surface area contributed by atoms with Crippen LogP contribution in [0.1, 0.15) is 53.9 Å².